The molecular formula is C18H14BrN3O4S. The van der Waals surface area contributed by atoms with Crippen LogP contribution in [0.1, 0.15) is 22.2 Å². The molecule has 0 radical (unpaired) electrons. The zero-order valence-corrected chi connectivity index (χ0v) is 16.5. The van der Waals surface area contributed by atoms with Crippen molar-refractivity contribution >= 4 is 55.2 Å². The summed E-state index contributed by atoms with van der Waals surface area (Å²) in [6.45, 7) is 2.48. The van der Waals surface area contributed by atoms with Crippen LogP contribution in [0.4, 0.5) is 5.69 Å². The van der Waals surface area contributed by atoms with Crippen LogP contribution >= 0.6 is 27.3 Å². The number of halogens is 1. The lowest BCUT2D eigenvalue weighted by atomic mass is 10.2. The number of carbonyl (C=O) groups is 1. The molecule has 0 fully saturated rings. The number of rotatable bonds is 6. The Morgan fingerprint density at radius 1 is 1.33 bits per heavy atom. The summed E-state index contributed by atoms with van der Waals surface area (Å²) in [5.74, 6) is 0.359. The molecule has 1 heterocycles. The zero-order chi connectivity index (χ0) is 19.4. The molecule has 0 aliphatic carbocycles. The number of thiophene rings is 1. The summed E-state index contributed by atoms with van der Waals surface area (Å²) in [6, 6.07) is 11.6. The summed E-state index contributed by atoms with van der Waals surface area (Å²) in [7, 11) is 0. The van der Waals surface area contributed by atoms with Crippen molar-refractivity contribution in [2.75, 3.05) is 6.61 Å². The van der Waals surface area contributed by atoms with Crippen LogP contribution in [-0.4, -0.2) is 23.7 Å². The number of hydrogen-bond acceptors (Lipinski definition) is 6. The number of amides is 1. The maximum atomic E-state index is 12.3. The Balaban J connectivity index is 1.70. The number of non-ortho nitro benzene ring substituents is 1. The topological polar surface area (TPSA) is 93.8 Å². The minimum Gasteiger partial charge on any atom is -0.493 e. The fraction of sp³-hybridized carbons (Fsp3) is 0.111. The molecule has 0 bridgehead atoms. The number of nitrogens with one attached hydrogen (secondary N) is 1. The maximum absolute atomic E-state index is 12.3. The SMILES string of the molecule is CCOc1ccc(/C=N\NC(=O)c2cc3cc([N+](=O)[O-])ccc3s2)cc1Br. The van der Waals surface area contributed by atoms with Gasteiger partial charge in [-0.15, -0.1) is 11.3 Å². The van der Waals surface area contributed by atoms with E-state index < -0.39 is 4.92 Å². The van der Waals surface area contributed by atoms with Crippen LogP contribution in [0.2, 0.25) is 0 Å². The molecule has 0 aliphatic heterocycles. The molecule has 1 amide bonds. The van der Waals surface area contributed by atoms with E-state index in [1.807, 2.05) is 25.1 Å². The van der Waals surface area contributed by atoms with Gasteiger partial charge in [0.1, 0.15) is 5.75 Å². The summed E-state index contributed by atoms with van der Waals surface area (Å²) in [5.41, 5.74) is 3.25. The van der Waals surface area contributed by atoms with E-state index in [-0.39, 0.29) is 11.6 Å². The van der Waals surface area contributed by atoms with Crippen LogP contribution in [0, 0.1) is 10.1 Å². The van der Waals surface area contributed by atoms with Gasteiger partial charge in [0.2, 0.25) is 0 Å². The van der Waals surface area contributed by atoms with Crippen LogP contribution < -0.4 is 10.2 Å². The van der Waals surface area contributed by atoms with Gasteiger partial charge in [0, 0.05) is 22.2 Å². The highest BCUT2D eigenvalue weighted by molar-refractivity contribution is 9.10. The minimum atomic E-state index is -0.462. The van der Waals surface area contributed by atoms with E-state index in [1.54, 1.807) is 12.1 Å². The molecule has 1 N–H and O–H groups in total. The molecule has 0 atom stereocenters. The number of nitrogens with zero attached hydrogens (tertiary/aromatic N) is 2. The van der Waals surface area contributed by atoms with Gasteiger partial charge < -0.3 is 4.74 Å². The first-order valence-corrected chi connectivity index (χ1v) is 9.52. The van der Waals surface area contributed by atoms with Gasteiger partial charge >= 0.3 is 0 Å². The highest BCUT2D eigenvalue weighted by Crippen LogP contribution is 2.29. The lowest BCUT2D eigenvalue weighted by Gasteiger charge is -2.05. The van der Waals surface area contributed by atoms with Crippen molar-refractivity contribution in [1.29, 1.82) is 0 Å². The highest BCUT2D eigenvalue weighted by atomic mass is 79.9. The van der Waals surface area contributed by atoms with Crippen LogP contribution in [0.3, 0.4) is 0 Å². The molecule has 3 aromatic rings. The minimum absolute atomic E-state index is 0.00800. The Kier molecular flexibility index (Phi) is 5.82. The number of nitro groups is 1. The molecule has 138 valence electrons. The largest absolute Gasteiger partial charge is 0.493 e. The summed E-state index contributed by atoms with van der Waals surface area (Å²) >= 11 is 4.67. The quantitative estimate of drug-likeness (QED) is 0.335. The van der Waals surface area contributed by atoms with E-state index >= 15 is 0 Å². The van der Waals surface area contributed by atoms with Crippen molar-refractivity contribution in [3.8, 4) is 5.75 Å². The number of benzene rings is 2. The Bertz CT molecular complexity index is 1050. The van der Waals surface area contributed by atoms with Gasteiger partial charge in [-0.2, -0.15) is 5.10 Å². The average Bonchev–Trinajstić information content (AvgIpc) is 3.07. The van der Waals surface area contributed by atoms with Crippen LogP contribution in [0.5, 0.6) is 5.75 Å². The summed E-state index contributed by atoms with van der Waals surface area (Å²) in [5, 5.41) is 15.5. The zero-order valence-electron chi connectivity index (χ0n) is 14.1. The van der Waals surface area contributed by atoms with Crippen molar-refractivity contribution < 1.29 is 14.5 Å². The second-order valence-corrected chi connectivity index (χ2v) is 7.35. The molecule has 27 heavy (non-hydrogen) atoms. The molecule has 7 nitrogen and oxygen atoms in total. The predicted molar refractivity (Wildman–Crippen MR) is 109 cm³/mol. The fourth-order valence-corrected chi connectivity index (χ4v) is 3.79. The lowest BCUT2D eigenvalue weighted by Crippen LogP contribution is -2.16. The van der Waals surface area contributed by atoms with Crippen molar-refractivity contribution in [3.05, 3.63) is 67.5 Å². The van der Waals surface area contributed by atoms with Gasteiger partial charge in [0.05, 0.1) is 27.1 Å². The number of fused-ring (bicyclic) bond motifs is 1. The van der Waals surface area contributed by atoms with Crippen molar-refractivity contribution in [1.82, 2.24) is 5.43 Å². The number of hydrazone groups is 1. The Morgan fingerprint density at radius 2 is 2.15 bits per heavy atom. The monoisotopic (exact) mass is 447 g/mol. The van der Waals surface area contributed by atoms with Crippen LogP contribution in [0.15, 0.2) is 52.0 Å². The summed E-state index contributed by atoms with van der Waals surface area (Å²) in [4.78, 5) is 23.1. The van der Waals surface area contributed by atoms with Crippen molar-refractivity contribution in [3.63, 3.8) is 0 Å². The van der Waals surface area contributed by atoms with E-state index in [4.69, 9.17) is 4.74 Å². The second-order valence-electron chi connectivity index (χ2n) is 5.41. The molecular weight excluding hydrogens is 434 g/mol. The smallest absolute Gasteiger partial charge is 0.281 e. The summed E-state index contributed by atoms with van der Waals surface area (Å²) < 4.78 is 7.04. The Labute approximate surface area is 166 Å². The van der Waals surface area contributed by atoms with E-state index in [0.29, 0.717) is 16.9 Å². The molecule has 0 spiro atoms. The van der Waals surface area contributed by atoms with E-state index in [9.17, 15) is 14.9 Å². The van der Waals surface area contributed by atoms with Gasteiger partial charge in [0.25, 0.3) is 11.6 Å². The lowest BCUT2D eigenvalue weighted by molar-refractivity contribution is -0.384. The van der Waals surface area contributed by atoms with Gasteiger partial charge in [0.15, 0.2) is 0 Å². The second kappa shape index (κ2) is 8.28. The molecule has 0 saturated heterocycles. The maximum Gasteiger partial charge on any atom is 0.281 e. The van der Waals surface area contributed by atoms with Gasteiger partial charge in [-0.25, -0.2) is 5.43 Å². The molecule has 9 heteroatoms. The Morgan fingerprint density at radius 3 is 2.85 bits per heavy atom. The Hall–Kier alpha value is -2.78. The van der Waals surface area contributed by atoms with Crippen molar-refractivity contribution in [2.24, 2.45) is 5.10 Å². The van der Waals surface area contributed by atoms with Gasteiger partial charge in [-0.1, -0.05) is 0 Å². The molecule has 0 unspecified atom stereocenters. The number of hydrogen-bond donors (Lipinski definition) is 1. The number of carbonyl (C=O) groups excluding carboxylic acids is 1. The molecule has 1 aromatic heterocycles. The third-order valence-corrected chi connectivity index (χ3v) is 5.30. The first-order chi connectivity index (χ1) is 13.0. The van der Waals surface area contributed by atoms with Crippen molar-refractivity contribution in [2.45, 2.75) is 6.92 Å². The van der Waals surface area contributed by atoms with E-state index in [1.165, 1.54) is 29.7 Å². The molecule has 0 saturated carbocycles. The number of nitro benzene ring substituents is 1. The standard InChI is InChI=1S/C18H14BrN3O4S/c1-2-26-15-5-3-11(7-14(15)19)10-20-21-18(23)17-9-12-8-13(22(24)25)4-6-16(12)27-17/h3-10H,2H2,1H3,(H,21,23)/b20-10-. The highest BCUT2D eigenvalue weighted by Gasteiger charge is 2.13. The molecule has 0 aliphatic rings. The first-order valence-electron chi connectivity index (χ1n) is 7.91. The van der Waals surface area contributed by atoms with Crippen LogP contribution in [0.25, 0.3) is 10.1 Å². The average molecular weight is 448 g/mol. The normalized spacial score (nSPS) is 11.0. The third kappa shape index (κ3) is 4.50. The summed E-state index contributed by atoms with van der Waals surface area (Å²) in [6.07, 6.45) is 1.52. The molecule has 2 aromatic carbocycles. The first kappa shape index (κ1) is 19.0. The van der Waals surface area contributed by atoms with E-state index in [2.05, 4.69) is 26.5 Å². The fourth-order valence-electron chi connectivity index (χ4n) is 2.35. The third-order valence-electron chi connectivity index (χ3n) is 3.57. The molecule has 3 rings (SSSR count). The van der Waals surface area contributed by atoms with Crippen LogP contribution in [-0.2, 0) is 0 Å². The predicted octanol–water partition coefficient (Wildman–Crippen LogP) is 4.73. The van der Waals surface area contributed by atoms with Gasteiger partial charge in [-0.05, 0) is 58.7 Å². The van der Waals surface area contributed by atoms with Gasteiger partial charge in [-0.3, -0.25) is 14.9 Å². The van der Waals surface area contributed by atoms with E-state index in [0.717, 1.165) is 20.5 Å². The number of ether oxygens (including phenoxy) is 1.